The van der Waals surface area contributed by atoms with Crippen molar-refractivity contribution in [2.45, 2.75) is 19.2 Å². The van der Waals surface area contributed by atoms with E-state index in [1.165, 1.54) is 18.3 Å². The van der Waals surface area contributed by atoms with Gasteiger partial charge in [0.1, 0.15) is 0 Å². The van der Waals surface area contributed by atoms with Crippen LogP contribution in [0.3, 0.4) is 0 Å². The van der Waals surface area contributed by atoms with Crippen LogP contribution in [0.2, 0.25) is 0 Å². The van der Waals surface area contributed by atoms with Crippen molar-refractivity contribution in [3.8, 4) is 5.88 Å². The summed E-state index contributed by atoms with van der Waals surface area (Å²) in [7, 11) is 0. The fourth-order valence-corrected chi connectivity index (χ4v) is 1.24. The van der Waals surface area contributed by atoms with Gasteiger partial charge in [-0.1, -0.05) is 6.92 Å². The molecule has 18 heavy (non-hydrogen) atoms. The van der Waals surface area contributed by atoms with Gasteiger partial charge in [-0.15, -0.1) is 0 Å². The first-order valence-electron chi connectivity index (χ1n) is 5.28. The molecule has 1 aromatic rings. The predicted octanol–water partition coefficient (Wildman–Crippen LogP) is 1.68. The number of ether oxygens (including phenoxy) is 1. The summed E-state index contributed by atoms with van der Waals surface area (Å²) in [5.41, 5.74) is 0.413. The molecule has 1 aromatic heterocycles. The Labute approximate surface area is 102 Å². The third kappa shape index (κ3) is 4.50. The minimum atomic E-state index is -4.41. The molecular weight excluding hydrogens is 251 g/mol. The van der Waals surface area contributed by atoms with Gasteiger partial charge in [-0.2, -0.15) is 13.2 Å². The molecule has 0 saturated heterocycles. The van der Waals surface area contributed by atoms with E-state index in [4.69, 9.17) is 5.11 Å². The maximum atomic E-state index is 11.9. The quantitative estimate of drug-likeness (QED) is 0.850. The van der Waals surface area contributed by atoms with Gasteiger partial charge in [0.25, 0.3) is 0 Å². The van der Waals surface area contributed by atoms with Gasteiger partial charge in [-0.3, -0.25) is 0 Å². The van der Waals surface area contributed by atoms with Gasteiger partial charge in [-0.05, 0) is 11.6 Å². The van der Waals surface area contributed by atoms with Gasteiger partial charge in [-0.25, -0.2) is 4.98 Å². The van der Waals surface area contributed by atoms with Gasteiger partial charge in [0.15, 0.2) is 6.61 Å². The van der Waals surface area contributed by atoms with Crippen molar-refractivity contribution in [1.29, 1.82) is 0 Å². The molecule has 0 aromatic carbocycles. The highest BCUT2D eigenvalue weighted by molar-refractivity contribution is 5.20. The molecule has 7 heteroatoms. The van der Waals surface area contributed by atoms with Crippen molar-refractivity contribution in [2.24, 2.45) is 5.92 Å². The molecule has 0 aliphatic carbocycles. The van der Waals surface area contributed by atoms with Crippen LogP contribution in [0.5, 0.6) is 5.88 Å². The second kappa shape index (κ2) is 6.01. The van der Waals surface area contributed by atoms with Crippen LogP contribution in [-0.4, -0.2) is 34.6 Å². The largest absolute Gasteiger partial charge is 0.468 e. The number of pyridine rings is 1. The zero-order chi connectivity index (χ0) is 13.8. The number of aliphatic hydroxyl groups is 2. The first kappa shape index (κ1) is 14.7. The first-order chi connectivity index (χ1) is 8.33. The Morgan fingerprint density at radius 2 is 2.06 bits per heavy atom. The first-order valence-corrected chi connectivity index (χ1v) is 5.28. The second-order valence-corrected chi connectivity index (χ2v) is 3.94. The van der Waals surface area contributed by atoms with Gasteiger partial charge in [0.05, 0.1) is 6.10 Å². The molecule has 102 valence electrons. The highest BCUT2D eigenvalue weighted by Crippen LogP contribution is 2.22. The molecule has 0 spiro atoms. The van der Waals surface area contributed by atoms with Crippen LogP contribution in [0.1, 0.15) is 18.6 Å². The summed E-state index contributed by atoms with van der Waals surface area (Å²) in [5, 5.41) is 18.6. The molecule has 1 rings (SSSR count). The van der Waals surface area contributed by atoms with E-state index in [2.05, 4.69) is 9.72 Å². The summed E-state index contributed by atoms with van der Waals surface area (Å²) in [5.74, 6) is -0.548. The standard InChI is InChI=1S/C11H14F3NO3/c1-7(5-16)10(17)8-2-3-9(15-4-8)18-6-11(12,13)14/h2-4,7,10,16-17H,5-6H2,1H3/t7-,10?/m1/s1. The lowest BCUT2D eigenvalue weighted by Crippen LogP contribution is -2.19. The Hall–Kier alpha value is -1.34. The number of halogens is 3. The lowest BCUT2D eigenvalue weighted by Gasteiger charge is -2.16. The average Bonchev–Trinajstić information content (AvgIpc) is 2.34. The molecule has 1 unspecified atom stereocenters. The molecule has 0 aliphatic rings. The normalized spacial score (nSPS) is 15.2. The minimum Gasteiger partial charge on any atom is -0.468 e. The van der Waals surface area contributed by atoms with E-state index in [9.17, 15) is 18.3 Å². The molecule has 0 saturated carbocycles. The minimum absolute atomic E-state index is 0.167. The van der Waals surface area contributed by atoms with Crippen molar-refractivity contribution in [3.63, 3.8) is 0 Å². The average molecular weight is 265 g/mol. The zero-order valence-corrected chi connectivity index (χ0v) is 9.68. The number of alkyl halides is 3. The Morgan fingerprint density at radius 3 is 2.50 bits per heavy atom. The van der Waals surface area contributed by atoms with Gasteiger partial charge >= 0.3 is 6.18 Å². The Balaban J connectivity index is 2.63. The van der Waals surface area contributed by atoms with Crippen LogP contribution in [0.25, 0.3) is 0 Å². The monoisotopic (exact) mass is 265 g/mol. The smallest absolute Gasteiger partial charge is 0.422 e. The fourth-order valence-electron chi connectivity index (χ4n) is 1.24. The second-order valence-electron chi connectivity index (χ2n) is 3.94. The molecule has 2 N–H and O–H groups in total. The SMILES string of the molecule is C[C@H](CO)C(O)c1ccc(OCC(F)(F)F)nc1. The maximum Gasteiger partial charge on any atom is 0.422 e. The third-order valence-corrected chi connectivity index (χ3v) is 2.31. The maximum absolute atomic E-state index is 11.9. The van der Waals surface area contributed by atoms with E-state index >= 15 is 0 Å². The molecule has 0 amide bonds. The number of rotatable bonds is 5. The zero-order valence-electron chi connectivity index (χ0n) is 9.68. The highest BCUT2D eigenvalue weighted by atomic mass is 19.4. The topological polar surface area (TPSA) is 62.6 Å². The van der Waals surface area contributed by atoms with E-state index < -0.39 is 18.9 Å². The molecule has 2 atom stereocenters. The summed E-state index contributed by atoms with van der Waals surface area (Å²) >= 11 is 0. The number of nitrogens with zero attached hydrogens (tertiary/aromatic N) is 1. The fraction of sp³-hybridized carbons (Fsp3) is 0.545. The van der Waals surface area contributed by atoms with E-state index in [1.54, 1.807) is 6.92 Å². The molecular formula is C11H14F3NO3. The Bertz CT molecular complexity index is 367. The molecule has 0 radical (unpaired) electrons. The molecule has 0 fully saturated rings. The molecule has 1 heterocycles. The van der Waals surface area contributed by atoms with Crippen molar-refractivity contribution in [1.82, 2.24) is 4.98 Å². The Kier molecular flexibility index (Phi) is 4.92. The molecule has 0 bridgehead atoms. The van der Waals surface area contributed by atoms with Crippen molar-refractivity contribution in [2.75, 3.05) is 13.2 Å². The van der Waals surface area contributed by atoms with Crippen LogP contribution in [-0.2, 0) is 0 Å². The number of aromatic nitrogens is 1. The van der Waals surface area contributed by atoms with Crippen LogP contribution >= 0.6 is 0 Å². The highest BCUT2D eigenvalue weighted by Gasteiger charge is 2.28. The number of hydrogen-bond acceptors (Lipinski definition) is 4. The summed E-state index contributed by atoms with van der Waals surface area (Å²) in [4.78, 5) is 3.66. The number of hydrogen-bond donors (Lipinski definition) is 2. The number of aliphatic hydroxyl groups excluding tert-OH is 2. The predicted molar refractivity (Wildman–Crippen MR) is 57.0 cm³/mol. The van der Waals surface area contributed by atoms with Gasteiger partial charge in [0.2, 0.25) is 5.88 Å². The van der Waals surface area contributed by atoms with Crippen LogP contribution in [0.15, 0.2) is 18.3 Å². The summed E-state index contributed by atoms with van der Waals surface area (Å²) in [6.45, 7) is 0.0289. The van der Waals surface area contributed by atoms with E-state index in [1.807, 2.05) is 0 Å². The van der Waals surface area contributed by atoms with Crippen molar-refractivity contribution in [3.05, 3.63) is 23.9 Å². The lowest BCUT2D eigenvalue weighted by atomic mass is 10.00. The van der Waals surface area contributed by atoms with Crippen molar-refractivity contribution >= 4 is 0 Å². The molecule has 4 nitrogen and oxygen atoms in total. The summed E-state index contributed by atoms with van der Waals surface area (Å²) in [6.07, 6.45) is -4.10. The van der Waals surface area contributed by atoms with Gasteiger partial charge < -0.3 is 14.9 Å². The van der Waals surface area contributed by atoms with E-state index in [0.29, 0.717) is 5.56 Å². The molecule has 0 aliphatic heterocycles. The Morgan fingerprint density at radius 1 is 1.39 bits per heavy atom. The van der Waals surface area contributed by atoms with Gasteiger partial charge in [0, 0.05) is 24.8 Å². The van der Waals surface area contributed by atoms with Crippen LogP contribution in [0, 0.1) is 5.92 Å². The van der Waals surface area contributed by atoms with Crippen LogP contribution < -0.4 is 4.74 Å². The third-order valence-electron chi connectivity index (χ3n) is 2.31. The van der Waals surface area contributed by atoms with E-state index in [0.717, 1.165) is 0 Å². The summed E-state index contributed by atoms with van der Waals surface area (Å²) < 4.78 is 40.1. The lowest BCUT2D eigenvalue weighted by molar-refractivity contribution is -0.154. The van der Waals surface area contributed by atoms with Crippen LogP contribution in [0.4, 0.5) is 13.2 Å². The summed E-state index contributed by atoms with van der Waals surface area (Å²) in [6, 6.07) is 2.66. The van der Waals surface area contributed by atoms with Crippen molar-refractivity contribution < 1.29 is 28.1 Å². The van der Waals surface area contributed by atoms with E-state index in [-0.39, 0.29) is 18.4 Å².